The van der Waals surface area contributed by atoms with E-state index in [1.165, 1.54) is 5.56 Å². The zero-order valence-electron chi connectivity index (χ0n) is 19.1. The molecular formula is C27H31FN2O2S. The Morgan fingerprint density at radius 2 is 1.79 bits per heavy atom. The smallest absolute Gasteiger partial charge is 0.168 e. The topological polar surface area (TPSA) is 45.5 Å². The van der Waals surface area contributed by atoms with Crippen molar-refractivity contribution in [1.82, 2.24) is 4.31 Å². The zero-order chi connectivity index (χ0) is 22.9. The molecule has 2 aromatic rings. The first-order valence-electron chi connectivity index (χ1n) is 12.0. The molecule has 0 aromatic heterocycles. The van der Waals surface area contributed by atoms with Crippen LogP contribution in [0.4, 0.5) is 4.39 Å². The van der Waals surface area contributed by atoms with Crippen molar-refractivity contribution in [2.45, 2.75) is 74.5 Å². The second-order valence-electron chi connectivity index (χ2n) is 9.61. The van der Waals surface area contributed by atoms with Crippen LogP contribution in [0.1, 0.15) is 67.4 Å². The van der Waals surface area contributed by atoms with Crippen LogP contribution in [0.15, 0.2) is 48.5 Å². The van der Waals surface area contributed by atoms with Crippen LogP contribution >= 0.6 is 11.9 Å². The highest BCUT2D eigenvalue weighted by Gasteiger charge is 2.47. The van der Waals surface area contributed by atoms with Crippen molar-refractivity contribution in [2.24, 2.45) is 0 Å². The van der Waals surface area contributed by atoms with E-state index in [4.69, 9.17) is 9.47 Å². The van der Waals surface area contributed by atoms with Crippen LogP contribution in [0.5, 0.6) is 0 Å². The summed E-state index contributed by atoms with van der Waals surface area (Å²) in [5, 5.41) is 10.5. The molecule has 2 aliphatic heterocycles. The van der Waals surface area contributed by atoms with Crippen molar-refractivity contribution in [2.75, 3.05) is 13.2 Å². The number of benzene rings is 2. The molecule has 0 unspecified atom stereocenters. The minimum atomic E-state index is -0.675. The van der Waals surface area contributed by atoms with Crippen molar-refractivity contribution in [3.05, 3.63) is 71.0 Å². The average Bonchev–Trinajstić information content (AvgIpc) is 3.31. The second kappa shape index (κ2) is 9.38. The summed E-state index contributed by atoms with van der Waals surface area (Å²) in [7, 11) is 0. The molecule has 5 rings (SSSR count). The van der Waals surface area contributed by atoms with Gasteiger partial charge < -0.3 is 9.47 Å². The molecule has 3 fully saturated rings. The molecule has 4 nitrogen and oxygen atoms in total. The summed E-state index contributed by atoms with van der Waals surface area (Å²) in [4.78, 5) is 0. The molecule has 0 bridgehead atoms. The van der Waals surface area contributed by atoms with E-state index in [0.29, 0.717) is 62.3 Å². The molecule has 0 amide bonds. The van der Waals surface area contributed by atoms with Crippen molar-refractivity contribution in [3.63, 3.8) is 0 Å². The fraction of sp³-hybridized carbons (Fsp3) is 0.519. The number of hydrogen-bond acceptors (Lipinski definition) is 5. The molecule has 2 heterocycles. The lowest BCUT2D eigenvalue weighted by atomic mass is 9.68. The second-order valence-corrected chi connectivity index (χ2v) is 10.9. The summed E-state index contributed by atoms with van der Waals surface area (Å²) in [6.07, 6.45) is 4.82. The Kier molecular flexibility index (Phi) is 6.50. The maximum atomic E-state index is 15.3. The molecule has 1 aliphatic carbocycles. The first-order valence-corrected chi connectivity index (χ1v) is 12.8. The highest BCUT2D eigenvalue weighted by atomic mass is 32.2. The summed E-state index contributed by atoms with van der Waals surface area (Å²) in [6.45, 7) is 4.00. The van der Waals surface area contributed by atoms with Gasteiger partial charge in [-0.1, -0.05) is 54.4 Å². The fourth-order valence-electron chi connectivity index (χ4n) is 5.39. The third kappa shape index (κ3) is 4.57. The first-order chi connectivity index (χ1) is 16.0. The Balaban J connectivity index is 1.30. The van der Waals surface area contributed by atoms with Gasteiger partial charge in [-0.2, -0.15) is 5.26 Å². The van der Waals surface area contributed by atoms with Crippen LogP contribution in [-0.2, 0) is 21.4 Å². The number of nitrogens with zero attached hydrogens (tertiary/aromatic N) is 2. The number of ether oxygens (including phenoxy) is 2. The van der Waals surface area contributed by atoms with E-state index in [2.05, 4.69) is 41.6 Å². The van der Waals surface area contributed by atoms with Crippen LogP contribution in [0.3, 0.4) is 0 Å². The van der Waals surface area contributed by atoms with Gasteiger partial charge in [-0.25, -0.2) is 8.70 Å². The molecule has 2 aromatic carbocycles. The minimum Gasteiger partial charge on any atom is -0.348 e. The van der Waals surface area contributed by atoms with Crippen LogP contribution in [0, 0.1) is 17.1 Å². The van der Waals surface area contributed by atoms with Crippen LogP contribution < -0.4 is 0 Å². The van der Waals surface area contributed by atoms with Crippen molar-refractivity contribution in [1.29, 1.82) is 5.26 Å². The lowest BCUT2D eigenvalue weighted by Crippen LogP contribution is -2.41. The maximum Gasteiger partial charge on any atom is 0.168 e. The van der Waals surface area contributed by atoms with Crippen molar-refractivity contribution < 1.29 is 13.9 Å². The molecule has 2 atom stereocenters. The van der Waals surface area contributed by atoms with Gasteiger partial charge in [-0.3, -0.25) is 0 Å². The highest BCUT2D eigenvalue weighted by molar-refractivity contribution is 7.97. The van der Waals surface area contributed by atoms with Gasteiger partial charge in [0, 0.05) is 36.2 Å². The van der Waals surface area contributed by atoms with Gasteiger partial charge in [-0.05, 0) is 49.8 Å². The van der Waals surface area contributed by atoms with Crippen molar-refractivity contribution in [3.8, 4) is 6.07 Å². The minimum absolute atomic E-state index is 0.217. The molecule has 174 valence electrons. The van der Waals surface area contributed by atoms with E-state index >= 15 is 4.39 Å². The van der Waals surface area contributed by atoms with E-state index in [1.54, 1.807) is 6.07 Å². The molecule has 0 radical (unpaired) electrons. The highest BCUT2D eigenvalue weighted by Crippen LogP contribution is 2.47. The van der Waals surface area contributed by atoms with Gasteiger partial charge in [0.15, 0.2) is 5.79 Å². The molecule has 1 spiro atoms. The van der Waals surface area contributed by atoms with Crippen LogP contribution in [0.25, 0.3) is 0 Å². The van der Waals surface area contributed by atoms with E-state index in [0.717, 1.165) is 18.4 Å². The Hall–Kier alpha value is -1.91. The van der Waals surface area contributed by atoms with E-state index in [-0.39, 0.29) is 5.82 Å². The zero-order valence-corrected chi connectivity index (χ0v) is 20.0. The van der Waals surface area contributed by atoms with Gasteiger partial charge >= 0.3 is 0 Å². The molecule has 0 N–H and O–H groups in total. The predicted octanol–water partition coefficient (Wildman–Crippen LogP) is 6.28. The Bertz CT molecular complexity index is 1010. The first kappa shape index (κ1) is 22.9. The number of hydrogen-bond donors (Lipinski definition) is 0. The number of nitriles is 1. The lowest BCUT2D eigenvalue weighted by Gasteiger charge is -2.40. The van der Waals surface area contributed by atoms with Crippen LogP contribution in [-0.4, -0.2) is 29.3 Å². The largest absolute Gasteiger partial charge is 0.348 e. The maximum absolute atomic E-state index is 15.3. The van der Waals surface area contributed by atoms with E-state index in [1.807, 2.05) is 30.1 Å². The third-order valence-electron chi connectivity index (χ3n) is 7.60. The Morgan fingerprint density at radius 1 is 1.06 bits per heavy atom. The van der Waals surface area contributed by atoms with Gasteiger partial charge in [0.05, 0.1) is 24.7 Å². The standard InChI is InChI=1S/C27H31FN2O2S/c1-20-7-10-25(21-5-3-2-4-6-21)33-30(20)18-22-8-9-23(17-24(22)28)26(19-29)11-13-27(14-12-26)31-15-16-32-27/h2-6,8-9,17,20,25H,7,10-16,18H2,1H3/t20-,25+/m0/s1. The molecule has 6 heteroatoms. The summed E-state index contributed by atoms with van der Waals surface area (Å²) in [5.41, 5.74) is 2.12. The fourth-order valence-corrected chi connectivity index (χ4v) is 6.77. The van der Waals surface area contributed by atoms with Gasteiger partial charge in [0.25, 0.3) is 0 Å². The Morgan fingerprint density at radius 3 is 2.45 bits per heavy atom. The van der Waals surface area contributed by atoms with Gasteiger partial charge in [-0.15, -0.1) is 0 Å². The molecular weight excluding hydrogens is 435 g/mol. The third-order valence-corrected chi connectivity index (χ3v) is 9.12. The van der Waals surface area contributed by atoms with Gasteiger partial charge in [0.2, 0.25) is 0 Å². The van der Waals surface area contributed by atoms with Gasteiger partial charge in [0.1, 0.15) is 5.82 Å². The average molecular weight is 467 g/mol. The van der Waals surface area contributed by atoms with E-state index in [9.17, 15) is 5.26 Å². The number of halogens is 1. The normalized spacial score (nSPS) is 26.8. The van der Waals surface area contributed by atoms with Crippen molar-refractivity contribution >= 4 is 11.9 Å². The summed E-state index contributed by atoms with van der Waals surface area (Å²) in [6, 6.07) is 18.9. The monoisotopic (exact) mass is 466 g/mol. The SMILES string of the molecule is C[C@H]1CC[C@H](c2ccccc2)SN1Cc1ccc(C2(C#N)CCC3(CC2)OCCO3)cc1F. The lowest BCUT2D eigenvalue weighted by molar-refractivity contribution is -0.182. The summed E-state index contributed by atoms with van der Waals surface area (Å²) >= 11 is 1.83. The quantitative estimate of drug-likeness (QED) is 0.497. The number of rotatable bonds is 4. The molecule has 33 heavy (non-hydrogen) atoms. The van der Waals surface area contributed by atoms with Crippen LogP contribution in [0.2, 0.25) is 0 Å². The Labute approximate surface area is 200 Å². The van der Waals surface area contributed by atoms with E-state index < -0.39 is 11.2 Å². The summed E-state index contributed by atoms with van der Waals surface area (Å²) < 4.78 is 29.3. The molecule has 2 saturated heterocycles. The molecule has 3 aliphatic rings. The predicted molar refractivity (Wildman–Crippen MR) is 128 cm³/mol. The summed E-state index contributed by atoms with van der Waals surface area (Å²) in [5.74, 6) is -0.749. The molecule has 1 saturated carbocycles.